The summed E-state index contributed by atoms with van der Waals surface area (Å²) in [4.78, 5) is 0. The van der Waals surface area contributed by atoms with Crippen molar-refractivity contribution < 1.29 is 80.2 Å². The molecule has 0 aromatic carbocycles. The SMILES string of the molecule is OC1OC[C@@H](O)[C@H](O)[C@H]1O.OC[C@H]1O[C@H](O[C@H]2O[C@H](CO)[C@@H](O)[C@H](O)[C@H]2O)[C@H](O)[C@@H](O)[C@@H]1O. The highest BCUT2D eigenvalue weighted by molar-refractivity contribution is 4.92. The van der Waals surface area contributed by atoms with Gasteiger partial charge >= 0.3 is 0 Å². The number of aliphatic hydroxyl groups is 12. The molecule has 16 heteroatoms. The smallest absolute Gasteiger partial charge is 0.189 e. The number of rotatable bonds is 4. The second kappa shape index (κ2) is 12.4. The van der Waals surface area contributed by atoms with Gasteiger partial charge in [-0.25, -0.2) is 0 Å². The van der Waals surface area contributed by atoms with Crippen LogP contribution in [-0.2, 0) is 18.9 Å². The largest absolute Gasteiger partial charge is 0.394 e. The predicted molar refractivity (Wildman–Crippen MR) is 98.6 cm³/mol. The van der Waals surface area contributed by atoms with Crippen molar-refractivity contribution in [2.45, 2.75) is 86.0 Å². The van der Waals surface area contributed by atoms with Gasteiger partial charge in [0, 0.05) is 0 Å². The first-order valence-electron chi connectivity index (χ1n) is 10.0. The second-order valence-corrected chi connectivity index (χ2v) is 7.80. The van der Waals surface area contributed by atoms with Gasteiger partial charge in [0.25, 0.3) is 0 Å². The Morgan fingerprint density at radius 2 is 0.970 bits per heavy atom. The summed E-state index contributed by atoms with van der Waals surface area (Å²) in [5, 5.41) is 112. The quantitative estimate of drug-likeness (QED) is 0.173. The molecule has 3 aliphatic heterocycles. The van der Waals surface area contributed by atoms with E-state index in [1.807, 2.05) is 0 Å². The van der Waals surface area contributed by atoms with Crippen LogP contribution in [0.15, 0.2) is 0 Å². The molecule has 3 aliphatic rings. The van der Waals surface area contributed by atoms with Crippen LogP contribution >= 0.6 is 0 Å². The van der Waals surface area contributed by atoms with Crippen molar-refractivity contribution in [1.82, 2.24) is 0 Å². The molecular formula is C17H32O16. The Kier molecular flexibility index (Phi) is 10.7. The third-order valence-corrected chi connectivity index (χ3v) is 5.44. The van der Waals surface area contributed by atoms with Gasteiger partial charge in [0.15, 0.2) is 18.9 Å². The lowest BCUT2D eigenvalue weighted by Crippen LogP contribution is -2.63. The average Bonchev–Trinajstić information content (AvgIpc) is 2.81. The fourth-order valence-corrected chi connectivity index (χ4v) is 3.28. The summed E-state index contributed by atoms with van der Waals surface area (Å²) < 4.78 is 19.8. The van der Waals surface area contributed by atoms with E-state index < -0.39 is 99.2 Å². The van der Waals surface area contributed by atoms with Crippen LogP contribution in [0.5, 0.6) is 0 Å². The molecule has 3 saturated heterocycles. The topological polar surface area (TPSA) is 280 Å². The fourth-order valence-electron chi connectivity index (χ4n) is 3.28. The molecule has 0 spiro atoms. The van der Waals surface area contributed by atoms with Crippen LogP contribution in [0.25, 0.3) is 0 Å². The summed E-state index contributed by atoms with van der Waals surface area (Å²) >= 11 is 0. The van der Waals surface area contributed by atoms with Gasteiger partial charge in [-0.05, 0) is 0 Å². The second-order valence-electron chi connectivity index (χ2n) is 7.80. The highest BCUT2D eigenvalue weighted by Crippen LogP contribution is 2.27. The van der Waals surface area contributed by atoms with E-state index >= 15 is 0 Å². The van der Waals surface area contributed by atoms with Crippen molar-refractivity contribution in [3.8, 4) is 0 Å². The first kappa shape index (κ1) is 28.6. The molecule has 196 valence electrons. The van der Waals surface area contributed by atoms with Crippen molar-refractivity contribution >= 4 is 0 Å². The summed E-state index contributed by atoms with van der Waals surface area (Å²) in [6.45, 7) is -1.49. The van der Waals surface area contributed by atoms with Crippen molar-refractivity contribution in [2.24, 2.45) is 0 Å². The third-order valence-electron chi connectivity index (χ3n) is 5.44. The normalized spacial score (nSPS) is 50.9. The van der Waals surface area contributed by atoms with E-state index in [0.29, 0.717) is 0 Å². The Morgan fingerprint density at radius 3 is 1.33 bits per heavy atom. The number of hydrogen-bond donors (Lipinski definition) is 12. The molecule has 33 heavy (non-hydrogen) atoms. The van der Waals surface area contributed by atoms with Crippen LogP contribution in [0.2, 0.25) is 0 Å². The Balaban J connectivity index is 0.000000321. The zero-order chi connectivity index (χ0) is 25.0. The minimum Gasteiger partial charge on any atom is -0.394 e. The van der Waals surface area contributed by atoms with Crippen LogP contribution in [0, 0.1) is 0 Å². The van der Waals surface area contributed by atoms with E-state index in [2.05, 4.69) is 4.74 Å². The van der Waals surface area contributed by atoms with E-state index in [9.17, 15) is 30.6 Å². The van der Waals surface area contributed by atoms with Gasteiger partial charge in [-0.3, -0.25) is 0 Å². The maximum atomic E-state index is 9.84. The highest BCUT2D eigenvalue weighted by atomic mass is 16.8. The van der Waals surface area contributed by atoms with E-state index in [4.69, 9.17) is 44.8 Å². The molecule has 3 heterocycles. The van der Waals surface area contributed by atoms with Crippen molar-refractivity contribution in [2.75, 3.05) is 19.8 Å². The lowest BCUT2D eigenvalue weighted by molar-refractivity contribution is -0.376. The maximum absolute atomic E-state index is 9.84. The number of aliphatic hydroxyl groups excluding tert-OH is 12. The molecule has 0 aliphatic carbocycles. The van der Waals surface area contributed by atoms with Crippen molar-refractivity contribution in [3.05, 3.63) is 0 Å². The molecule has 14 atom stereocenters. The van der Waals surface area contributed by atoms with E-state index in [0.717, 1.165) is 0 Å². The molecule has 0 amide bonds. The lowest BCUT2D eigenvalue weighted by atomic mass is 9.98. The standard InChI is InChI=1S/C12H22O11.C5H10O5/c13-1-3-5(15)7(17)9(19)11(21-3)23-12-10(20)8(18)6(16)4(2-14)22-12;6-2-1-10-5(9)4(8)3(2)7/h3-20H,1-2H2;2-9H,1H2/t3-,4-,5-,6-,7+,8+,9-,10-,11-,12-;2-,3+,4-,5?/m11/s1. The Morgan fingerprint density at radius 1 is 0.545 bits per heavy atom. The molecule has 16 nitrogen and oxygen atoms in total. The Bertz CT molecular complexity index is 531. The summed E-state index contributed by atoms with van der Waals surface area (Å²) in [5.74, 6) is 0. The lowest BCUT2D eigenvalue weighted by Gasteiger charge is -2.44. The van der Waals surface area contributed by atoms with Crippen LogP contribution in [0.3, 0.4) is 0 Å². The van der Waals surface area contributed by atoms with E-state index in [-0.39, 0.29) is 6.61 Å². The van der Waals surface area contributed by atoms with Crippen LogP contribution in [-0.4, -0.2) is 167 Å². The summed E-state index contributed by atoms with van der Waals surface area (Å²) in [6, 6.07) is 0. The summed E-state index contributed by atoms with van der Waals surface area (Å²) in [6.07, 6.45) is -20.8. The van der Waals surface area contributed by atoms with Gasteiger partial charge in [-0.1, -0.05) is 0 Å². The minimum absolute atomic E-state index is 0.153. The molecule has 0 radical (unpaired) electrons. The van der Waals surface area contributed by atoms with E-state index in [1.54, 1.807) is 0 Å². The first-order chi connectivity index (χ1) is 15.4. The highest BCUT2D eigenvalue weighted by Gasteiger charge is 2.49. The molecule has 3 rings (SSSR count). The Labute approximate surface area is 187 Å². The summed E-state index contributed by atoms with van der Waals surface area (Å²) in [5.41, 5.74) is 0. The zero-order valence-corrected chi connectivity index (χ0v) is 17.2. The van der Waals surface area contributed by atoms with Crippen LogP contribution in [0.4, 0.5) is 0 Å². The molecule has 0 saturated carbocycles. The molecular weight excluding hydrogens is 460 g/mol. The van der Waals surface area contributed by atoms with Crippen LogP contribution < -0.4 is 0 Å². The van der Waals surface area contributed by atoms with Gasteiger partial charge in [0.1, 0.15) is 67.1 Å². The molecule has 0 aromatic rings. The molecule has 3 fully saturated rings. The van der Waals surface area contributed by atoms with Gasteiger partial charge in [-0.15, -0.1) is 0 Å². The fraction of sp³-hybridized carbons (Fsp3) is 1.00. The molecule has 0 bridgehead atoms. The monoisotopic (exact) mass is 492 g/mol. The average molecular weight is 492 g/mol. The van der Waals surface area contributed by atoms with Gasteiger partial charge < -0.3 is 80.2 Å². The van der Waals surface area contributed by atoms with Crippen molar-refractivity contribution in [3.63, 3.8) is 0 Å². The third kappa shape index (κ3) is 6.53. The van der Waals surface area contributed by atoms with Crippen molar-refractivity contribution in [1.29, 1.82) is 0 Å². The minimum atomic E-state index is -1.72. The first-order valence-corrected chi connectivity index (χ1v) is 10.0. The zero-order valence-electron chi connectivity index (χ0n) is 17.2. The number of ether oxygens (including phenoxy) is 4. The summed E-state index contributed by atoms with van der Waals surface area (Å²) in [7, 11) is 0. The number of hydrogen-bond acceptors (Lipinski definition) is 16. The molecule has 12 N–H and O–H groups in total. The van der Waals surface area contributed by atoms with Gasteiger partial charge in [-0.2, -0.15) is 0 Å². The van der Waals surface area contributed by atoms with Crippen LogP contribution in [0.1, 0.15) is 0 Å². The predicted octanol–water partition coefficient (Wildman–Crippen LogP) is -7.98. The van der Waals surface area contributed by atoms with Gasteiger partial charge in [0.2, 0.25) is 0 Å². The molecule has 0 aromatic heterocycles. The molecule has 1 unspecified atom stereocenters. The Hall–Kier alpha value is -0.640. The van der Waals surface area contributed by atoms with E-state index in [1.165, 1.54) is 0 Å². The maximum Gasteiger partial charge on any atom is 0.189 e. The van der Waals surface area contributed by atoms with Gasteiger partial charge in [0.05, 0.1) is 19.8 Å².